The molecule has 3 atom stereocenters. The molecule has 0 saturated carbocycles. The van der Waals surface area contributed by atoms with Crippen molar-refractivity contribution in [3.05, 3.63) is 94.8 Å². The number of hydrogen-bond acceptors (Lipinski definition) is 6. The van der Waals surface area contributed by atoms with E-state index in [0.717, 1.165) is 0 Å². The summed E-state index contributed by atoms with van der Waals surface area (Å²) in [5, 5.41) is 20.0. The number of aromatic hydroxyl groups is 2. The first-order valence-corrected chi connectivity index (χ1v) is 12.1. The molecule has 3 aromatic carbocycles. The van der Waals surface area contributed by atoms with Crippen LogP contribution in [-0.4, -0.2) is 52.9 Å². The van der Waals surface area contributed by atoms with Crippen molar-refractivity contribution in [2.45, 2.75) is 19.3 Å². The molecule has 1 heterocycles. The van der Waals surface area contributed by atoms with Gasteiger partial charge in [-0.3, -0.25) is 9.59 Å². The van der Waals surface area contributed by atoms with Crippen molar-refractivity contribution in [1.29, 1.82) is 0 Å². The topological polar surface area (TPSA) is 104 Å². The number of rotatable bonds is 8. The zero-order chi connectivity index (χ0) is 25.8. The number of piperidine rings is 1. The second kappa shape index (κ2) is 11.0. The first-order chi connectivity index (χ1) is 17.3. The SMILES string of the molecule is Cc1c(F)cccc1C1[C@@H](C(=O)c2cccc(O)c2)CN(CCCN)C[C@H]1C(=O)c1cccc(O)c1. The highest BCUT2D eigenvalue weighted by atomic mass is 19.1. The van der Waals surface area contributed by atoms with Crippen molar-refractivity contribution in [3.8, 4) is 11.5 Å². The van der Waals surface area contributed by atoms with E-state index in [0.29, 0.717) is 54.9 Å². The van der Waals surface area contributed by atoms with E-state index in [-0.39, 0.29) is 23.1 Å². The Labute approximate surface area is 210 Å². The van der Waals surface area contributed by atoms with Gasteiger partial charge in [0.05, 0.1) is 0 Å². The first-order valence-electron chi connectivity index (χ1n) is 12.1. The van der Waals surface area contributed by atoms with Crippen LogP contribution in [0.5, 0.6) is 11.5 Å². The lowest BCUT2D eigenvalue weighted by atomic mass is 9.67. The Morgan fingerprint density at radius 2 is 1.44 bits per heavy atom. The molecule has 4 N–H and O–H groups in total. The standard InChI is InChI=1S/C29H31FN2O4/c1-18-23(10-4-11-26(18)30)27-24(28(35)19-6-2-8-21(33)14-19)16-32(13-5-12-31)17-25(27)29(36)20-7-3-9-22(34)15-20/h2-4,6-11,14-15,24-25,27,33-34H,5,12-13,16-17,31H2,1H3/t24-,25+,27?. The van der Waals surface area contributed by atoms with E-state index in [1.54, 1.807) is 43.3 Å². The monoisotopic (exact) mass is 490 g/mol. The van der Waals surface area contributed by atoms with Crippen molar-refractivity contribution in [3.63, 3.8) is 0 Å². The fourth-order valence-corrected chi connectivity index (χ4v) is 5.29. The van der Waals surface area contributed by atoms with Crippen molar-refractivity contribution in [2.24, 2.45) is 17.6 Å². The zero-order valence-corrected chi connectivity index (χ0v) is 20.2. The number of halogens is 1. The van der Waals surface area contributed by atoms with Gasteiger partial charge < -0.3 is 20.8 Å². The van der Waals surface area contributed by atoms with E-state index >= 15 is 0 Å². The summed E-state index contributed by atoms with van der Waals surface area (Å²) in [6, 6.07) is 17.1. The van der Waals surface area contributed by atoms with Crippen LogP contribution in [0.4, 0.5) is 4.39 Å². The normalized spacial score (nSPS) is 20.2. The fourth-order valence-electron chi connectivity index (χ4n) is 5.29. The molecule has 1 unspecified atom stereocenters. The third-order valence-electron chi connectivity index (χ3n) is 7.06. The van der Waals surface area contributed by atoms with Crippen molar-refractivity contribution < 1.29 is 24.2 Å². The Morgan fingerprint density at radius 1 is 0.917 bits per heavy atom. The van der Waals surface area contributed by atoms with Crippen LogP contribution in [0.2, 0.25) is 0 Å². The largest absolute Gasteiger partial charge is 0.508 e. The highest BCUT2D eigenvalue weighted by Gasteiger charge is 2.45. The second-order valence-corrected chi connectivity index (χ2v) is 9.42. The molecule has 7 heteroatoms. The van der Waals surface area contributed by atoms with Crippen molar-refractivity contribution in [2.75, 3.05) is 26.2 Å². The van der Waals surface area contributed by atoms with Gasteiger partial charge in [0.25, 0.3) is 0 Å². The summed E-state index contributed by atoms with van der Waals surface area (Å²) in [5.41, 5.74) is 7.44. The lowest BCUT2D eigenvalue weighted by Crippen LogP contribution is -2.51. The smallest absolute Gasteiger partial charge is 0.167 e. The van der Waals surface area contributed by atoms with Gasteiger partial charge in [0.1, 0.15) is 17.3 Å². The van der Waals surface area contributed by atoms with Gasteiger partial charge in [0, 0.05) is 42.0 Å². The van der Waals surface area contributed by atoms with E-state index in [1.807, 2.05) is 0 Å². The average Bonchev–Trinajstić information content (AvgIpc) is 2.88. The molecule has 1 aliphatic heterocycles. The van der Waals surface area contributed by atoms with E-state index in [9.17, 15) is 24.2 Å². The number of hydrogen-bond donors (Lipinski definition) is 3. The van der Waals surface area contributed by atoms with Gasteiger partial charge in [-0.2, -0.15) is 0 Å². The molecule has 1 saturated heterocycles. The Hall–Kier alpha value is -3.55. The Morgan fingerprint density at radius 3 is 1.94 bits per heavy atom. The molecule has 1 fully saturated rings. The lowest BCUT2D eigenvalue weighted by Gasteiger charge is -2.43. The minimum Gasteiger partial charge on any atom is -0.508 e. The van der Waals surface area contributed by atoms with Crippen LogP contribution in [-0.2, 0) is 0 Å². The average molecular weight is 491 g/mol. The third kappa shape index (κ3) is 5.32. The molecule has 6 nitrogen and oxygen atoms in total. The fraction of sp³-hybridized carbons (Fsp3) is 0.310. The van der Waals surface area contributed by atoms with Crippen LogP contribution in [0, 0.1) is 24.6 Å². The van der Waals surface area contributed by atoms with Gasteiger partial charge in [-0.15, -0.1) is 0 Å². The quantitative estimate of drug-likeness (QED) is 0.407. The molecule has 0 bridgehead atoms. The molecule has 0 aromatic heterocycles. The summed E-state index contributed by atoms with van der Waals surface area (Å²) < 4.78 is 14.7. The minimum absolute atomic E-state index is 0.0254. The van der Waals surface area contributed by atoms with Gasteiger partial charge in [-0.05, 0) is 67.9 Å². The predicted octanol–water partition coefficient (Wildman–Crippen LogP) is 4.29. The summed E-state index contributed by atoms with van der Waals surface area (Å²) >= 11 is 0. The molecule has 0 amide bonds. The molecule has 4 rings (SSSR count). The van der Waals surface area contributed by atoms with Crippen LogP contribution in [0.1, 0.15) is 44.2 Å². The number of carbonyl (C=O) groups excluding carboxylic acids is 2. The van der Waals surface area contributed by atoms with Crippen LogP contribution in [0.15, 0.2) is 66.7 Å². The summed E-state index contributed by atoms with van der Waals surface area (Å²) in [6.07, 6.45) is 0.698. The van der Waals surface area contributed by atoms with Gasteiger partial charge >= 0.3 is 0 Å². The van der Waals surface area contributed by atoms with Crippen molar-refractivity contribution in [1.82, 2.24) is 4.90 Å². The van der Waals surface area contributed by atoms with Gasteiger partial charge in [0.15, 0.2) is 11.6 Å². The highest BCUT2D eigenvalue weighted by Crippen LogP contribution is 2.42. The number of Topliss-reactive ketones (excluding diaryl/α,β-unsaturated/α-hetero) is 2. The van der Waals surface area contributed by atoms with E-state index in [1.165, 1.54) is 30.3 Å². The molecular formula is C29H31FN2O4. The van der Waals surface area contributed by atoms with E-state index in [2.05, 4.69) is 4.90 Å². The zero-order valence-electron chi connectivity index (χ0n) is 20.2. The maximum atomic E-state index is 14.7. The van der Waals surface area contributed by atoms with Gasteiger partial charge in [-0.25, -0.2) is 4.39 Å². The number of carbonyl (C=O) groups is 2. The number of benzene rings is 3. The maximum absolute atomic E-state index is 14.7. The number of ketones is 2. The molecular weight excluding hydrogens is 459 g/mol. The van der Waals surface area contributed by atoms with Crippen LogP contribution >= 0.6 is 0 Å². The molecule has 0 aliphatic carbocycles. The molecule has 36 heavy (non-hydrogen) atoms. The minimum atomic E-state index is -0.662. The number of likely N-dealkylation sites (tertiary alicyclic amines) is 1. The number of phenols is 2. The third-order valence-corrected chi connectivity index (χ3v) is 7.06. The molecule has 0 spiro atoms. The number of phenolic OH excluding ortho intramolecular Hbond substituents is 2. The second-order valence-electron chi connectivity index (χ2n) is 9.42. The predicted molar refractivity (Wildman–Crippen MR) is 136 cm³/mol. The van der Waals surface area contributed by atoms with Crippen molar-refractivity contribution >= 4 is 11.6 Å². The Kier molecular flexibility index (Phi) is 7.82. The number of nitrogens with two attached hydrogens (primary N) is 1. The lowest BCUT2D eigenvalue weighted by molar-refractivity contribution is 0.0570. The van der Waals surface area contributed by atoms with Crippen LogP contribution < -0.4 is 5.73 Å². The number of nitrogens with zero attached hydrogens (tertiary/aromatic N) is 1. The summed E-state index contributed by atoms with van der Waals surface area (Å²) in [6.45, 7) is 3.49. The highest BCUT2D eigenvalue weighted by molar-refractivity contribution is 6.02. The summed E-state index contributed by atoms with van der Waals surface area (Å²) in [4.78, 5) is 29.9. The van der Waals surface area contributed by atoms with Crippen LogP contribution in [0.25, 0.3) is 0 Å². The summed E-state index contributed by atoms with van der Waals surface area (Å²) in [7, 11) is 0. The molecule has 3 aromatic rings. The maximum Gasteiger partial charge on any atom is 0.167 e. The Bertz CT molecular complexity index is 1190. The van der Waals surface area contributed by atoms with Gasteiger partial charge in [-0.1, -0.05) is 36.4 Å². The molecule has 188 valence electrons. The first kappa shape index (κ1) is 25.5. The summed E-state index contributed by atoms with van der Waals surface area (Å²) in [5.74, 6) is -2.80. The Balaban J connectivity index is 1.85. The molecule has 0 radical (unpaired) electrons. The van der Waals surface area contributed by atoms with E-state index < -0.39 is 23.6 Å². The van der Waals surface area contributed by atoms with E-state index in [4.69, 9.17) is 5.73 Å². The van der Waals surface area contributed by atoms with Crippen LogP contribution in [0.3, 0.4) is 0 Å². The molecule has 1 aliphatic rings. The van der Waals surface area contributed by atoms with Gasteiger partial charge in [0.2, 0.25) is 0 Å².